The van der Waals surface area contributed by atoms with Crippen molar-refractivity contribution in [2.24, 2.45) is 0 Å². The van der Waals surface area contributed by atoms with E-state index >= 15 is 0 Å². The molecule has 0 bridgehead atoms. The fourth-order valence-corrected chi connectivity index (χ4v) is 0.753. The Balaban J connectivity index is 0.00000169. The van der Waals surface area contributed by atoms with Crippen molar-refractivity contribution in [3.05, 3.63) is 49.9 Å². The van der Waals surface area contributed by atoms with Gasteiger partial charge in [0.05, 0.1) is 0 Å². The van der Waals surface area contributed by atoms with Gasteiger partial charge < -0.3 is 21.4 Å². The van der Waals surface area contributed by atoms with Crippen molar-refractivity contribution in [2.45, 2.75) is 6.42 Å². The molecule has 1 N–H and O–H groups in total. The maximum absolute atomic E-state index is 9.45. The number of hydrogen-bond donors (Lipinski definition) is 1. The Morgan fingerprint density at radius 1 is 1.71 bits per heavy atom. The average Bonchev–Trinajstić information content (AvgIpc) is 2.51. The van der Waals surface area contributed by atoms with Crippen LogP contribution in [0.4, 0.5) is 0 Å². The molecule has 0 fully saturated rings. The topological polar surface area (TPSA) is 46.3 Å². The molecule has 1 rings (SSSR count). The van der Waals surface area contributed by atoms with E-state index in [1.54, 1.807) is 0 Å². The van der Waals surface area contributed by atoms with Crippen molar-refractivity contribution in [3.63, 3.8) is 0 Å². The second kappa shape index (κ2) is 6.04. The van der Waals surface area contributed by atoms with Crippen LogP contribution in [0.15, 0.2) is 23.0 Å². The van der Waals surface area contributed by atoms with Crippen molar-refractivity contribution < 1.29 is 42.2 Å². The number of oxazole rings is 1. The fraction of sp³-hybridized carbons (Fsp3) is 0.100. The van der Waals surface area contributed by atoms with E-state index in [1.807, 2.05) is 0 Å². The molecular formula is C10H10NO2Y. The zero-order valence-corrected chi connectivity index (χ0v) is 10.6. The first kappa shape index (κ1) is 13.5. The molecule has 3 nitrogen and oxygen atoms in total. The molecule has 0 spiro atoms. The molecule has 0 radical (unpaired) electrons. The zero-order chi connectivity index (χ0) is 9.84. The molecule has 0 aliphatic carbocycles. The van der Waals surface area contributed by atoms with E-state index in [0.29, 0.717) is 17.8 Å². The second-order valence-corrected chi connectivity index (χ2v) is 2.45. The van der Waals surface area contributed by atoms with Gasteiger partial charge >= 0.3 is 32.7 Å². The Labute approximate surface area is 109 Å². The van der Waals surface area contributed by atoms with E-state index < -0.39 is 0 Å². The van der Waals surface area contributed by atoms with E-state index in [2.05, 4.69) is 31.5 Å². The van der Waals surface area contributed by atoms with Crippen molar-refractivity contribution in [1.29, 1.82) is 0 Å². The number of nitrogens with zero attached hydrogens (tertiary/aromatic N) is 1. The summed E-state index contributed by atoms with van der Waals surface area (Å²) in [5.41, 5.74) is 0.884. The van der Waals surface area contributed by atoms with Crippen LogP contribution in [0.1, 0.15) is 17.9 Å². The van der Waals surface area contributed by atoms with Crippen LogP contribution in [0.5, 0.6) is 0 Å². The monoisotopic (exact) mass is 265 g/mol. The normalized spacial score (nSPS) is 10.8. The molecule has 0 aliphatic heterocycles. The van der Waals surface area contributed by atoms with Crippen molar-refractivity contribution in [3.8, 4) is 0 Å². The predicted molar refractivity (Wildman–Crippen MR) is 49.4 cm³/mol. The van der Waals surface area contributed by atoms with Gasteiger partial charge in [0.15, 0.2) is 6.39 Å². The van der Waals surface area contributed by atoms with Crippen molar-refractivity contribution in [1.82, 2.24) is 4.98 Å². The first-order valence-corrected chi connectivity index (χ1v) is 3.71. The van der Waals surface area contributed by atoms with Gasteiger partial charge in [-0.2, -0.15) is 18.6 Å². The molecule has 70 valence electrons. The molecule has 0 saturated heterocycles. The Hall–Kier alpha value is -0.536. The van der Waals surface area contributed by atoms with Crippen LogP contribution in [0.2, 0.25) is 0 Å². The number of aliphatic hydroxyl groups excluding tert-OH is 1. The summed E-state index contributed by atoms with van der Waals surface area (Å²) < 4.78 is 4.81. The van der Waals surface area contributed by atoms with Gasteiger partial charge in [0.2, 0.25) is 0 Å². The van der Waals surface area contributed by atoms with Crippen LogP contribution in [-0.2, 0) is 32.7 Å². The minimum atomic E-state index is -0.118. The molecule has 14 heavy (non-hydrogen) atoms. The third-order valence-electron chi connectivity index (χ3n) is 1.46. The van der Waals surface area contributed by atoms with Crippen molar-refractivity contribution in [2.75, 3.05) is 0 Å². The largest absolute Gasteiger partial charge is 3.00 e. The molecule has 1 heterocycles. The first-order chi connectivity index (χ1) is 6.15. The molecule has 0 aliphatic rings. The van der Waals surface area contributed by atoms with Crippen molar-refractivity contribution >= 4 is 5.76 Å². The van der Waals surface area contributed by atoms with Crippen LogP contribution < -0.4 is 0 Å². The molecular weight excluding hydrogens is 255 g/mol. The van der Waals surface area contributed by atoms with E-state index in [1.165, 1.54) is 6.39 Å². The van der Waals surface area contributed by atoms with Gasteiger partial charge in [-0.3, -0.25) is 0 Å². The fourth-order valence-electron chi connectivity index (χ4n) is 0.753. The van der Waals surface area contributed by atoms with Gasteiger partial charge in [-0.15, -0.1) is 6.08 Å². The van der Waals surface area contributed by atoms with Gasteiger partial charge in [-0.05, 0) is 11.5 Å². The van der Waals surface area contributed by atoms with Crippen LogP contribution in [0.25, 0.3) is 5.76 Å². The molecule has 0 saturated carbocycles. The van der Waals surface area contributed by atoms with Gasteiger partial charge in [0, 0.05) is 5.76 Å². The van der Waals surface area contributed by atoms with Crippen LogP contribution in [-0.4, -0.2) is 10.1 Å². The van der Waals surface area contributed by atoms with Crippen LogP contribution in [0.3, 0.4) is 0 Å². The predicted octanol–water partition coefficient (Wildman–Crippen LogP) is 2.34. The molecule has 0 aromatic carbocycles. The van der Waals surface area contributed by atoms with Gasteiger partial charge in [-0.1, -0.05) is 0 Å². The number of allylic oxidation sites excluding steroid dienone is 2. The zero-order valence-electron chi connectivity index (χ0n) is 7.79. The summed E-state index contributed by atoms with van der Waals surface area (Å²) in [6.45, 7) is 10.8. The van der Waals surface area contributed by atoms with E-state index in [9.17, 15) is 5.11 Å². The molecule has 4 heteroatoms. The Kier molecular flexibility index (Phi) is 5.81. The summed E-state index contributed by atoms with van der Waals surface area (Å²) in [4.78, 5) is 3.76. The van der Waals surface area contributed by atoms with E-state index in [4.69, 9.17) is 4.42 Å². The van der Waals surface area contributed by atoms with E-state index in [-0.39, 0.29) is 44.2 Å². The SMILES string of the molecule is C=C([C-]=C(O)c1ncoc1[CH2-])C[CH2-].[Y+3]. The maximum atomic E-state index is 9.45. The number of hydrogen-bond acceptors (Lipinski definition) is 3. The molecule has 0 unspecified atom stereocenters. The second-order valence-electron chi connectivity index (χ2n) is 2.45. The summed E-state index contributed by atoms with van der Waals surface area (Å²) in [6.07, 6.45) is 4.32. The molecule has 1 aromatic rings. The maximum Gasteiger partial charge on any atom is 3.00 e. The minimum absolute atomic E-state index is 0. The molecule has 0 amide bonds. The Bertz CT molecular complexity index is 342. The quantitative estimate of drug-likeness (QED) is 0.518. The third kappa shape index (κ3) is 3.31. The van der Waals surface area contributed by atoms with Gasteiger partial charge in [0.1, 0.15) is 0 Å². The summed E-state index contributed by atoms with van der Waals surface area (Å²) in [7, 11) is 0. The summed E-state index contributed by atoms with van der Waals surface area (Å²) in [5, 5.41) is 9.45. The van der Waals surface area contributed by atoms with Crippen LogP contribution >= 0.6 is 0 Å². The molecule has 1 aromatic heterocycles. The molecule has 0 atom stereocenters. The smallest absolute Gasteiger partial charge is 0.538 e. The number of aliphatic hydroxyl groups is 1. The first-order valence-electron chi connectivity index (χ1n) is 3.71. The summed E-state index contributed by atoms with van der Waals surface area (Å²) >= 11 is 0. The van der Waals surface area contributed by atoms with Gasteiger partial charge in [-0.25, -0.2) is 6.92 Å². The number of aromatic nitrogens is 1. The minimum Gasteiger partial charge on any atom is -0.538 e. The van der Waals surface area contributed by atoms with Gasteiger partial charge in [0.25, 0.3) is 0 Å². The standard InChI is InChI=1S/C10H10NO2.Y/c1-4-7(2)5-9(12)10-8(3)13-6-11-10;/h6,12H,1-4H2;/q-3;+3. The van der Waals surface area contributed by atoms with Crippen LogP contribution in [0, 0.1) is 19.9 Å². The van der Waals surface area contributed by atoms with E-state index in [0.717, 1.165) is 0 Å². The Morgan fingerprint density at radius 2 is 2.36 bits per heavy atom. The third-order valence-corrected chi connectivity index (χ3v) is 1.46. The number of rotatable bonds is 3. The Morgan fingerprint density at radius 3 is 2.79 bits per heavy atom. The summed E-state index contributed by atoms with van der Waals surface area (Å²) in [6, 6.07) is 0. The summed E-state index contributed by atoms with van der Waals surface area (Å²) in [5.74, 6) is 0.189. The average molecular weight is 265 g/mol.